The van der Waals surface area contributed by atoms with Gasteiger partial charge in [-0.1, -0.05) is 88.8 Å². The minimum Gasteiger partial charge on any atom is -0.203 e. The SMILES string of the molecule is CCCCCCCc1ccc(-c2ccc(CCCCC)cc2)c(F)c1F. The van der Waals surface area contributed by atoms with E-state index in [-0.39, 0.29) is 0 Å². The first-order chi connectivity index (χ1) is 12.7. The monoisotopic (exact) mass is 358 g/mol. The smallest absolute Gasteiger partial charge is 0.166 e. The third-order valence-corrected chi connectivity index (χ3v) is 5.05. The first-order valence-corrected chi connectivity index (χ1v) is 10.2. The Hall–Kier alpha value is -1.70. The molecule has 0 heterocycles. The first-order valence-electron chi connectivity index (χ1n) is 10.2. The van der Waals surface area contributed by atoms with Crippen LogP contribution in [0.1, 0.15) is 76.3 Å². The summed E-state index contributed by atoms with van der Waals surface area (Å²) in [7, 11) is 0. The van der Waals surface area contributed by atoms with Crippen LogP contribution >= 0.6 is 0 Å². The highest BCUT2D eigenvalue weighted by atomic mass is 19.2. The van der Waals surface area contributed by atoms with Crippen molar-refractivity contribution < 1.29 is 8.78 Å². The summed E-state index contributed by atoms with van der Waals surface area (Å²) in [5.41, 5.74) is 2.86. The van der Waals surface area contributed by atoms with Crippen molar-refractivity contribution in [1.29, 1.82) is 0 Å². The number of halogens is 2. The molecule has 0 aliphatic carbocycles. The van der Waals surface area contributed by atoms with E-state index in [0.29, 0.717) is 17.5 Å². The minimum absolute atomic E-state index is 0.359. The molecule has 142 valence electrons. The molecule has 0 amide bonds. The van der Waals surface area contributed by atoms with Gasteiger partial charge in [0, 0.05) is 5.56 Å². The summed E-state index contributed by atoms with van der Waals surface area (Å²) >= 11 is 0. The predicted molar refractivity (Wildman–Crippen MR) is 107 cm³/mol. The molecule has 0 spiro atoms. The van der Waals surface area contributed by atoms with Crippen molar-refractivity contribution >= 4 is 0 Å². The molecule has 0 fully saturated rings. The Kier molecular flexibility index (Phi) is 8.80. The fraction of sp³-hybridized carbons (Fsp3) is 0.500. The maximum atomic E-state index is 14.6. The second kappa shape index (κ2) is 11.1. The highest BCUT2D eigenvalue weighted by molar-refractivity contribution is 5.65. The van der Waals surface area contributed by atoms with Gasteiger partial charge in [0.1, 0.15) is 0 Å². The van der Waals surface area contributed by atoms with Gasteiger partial charge in [0.15, 0.2) is 11.6 Å². The van der Waals surface area contributed by atoms with E-state index in [1.54, 1.807) is 12.1 Å². The maximum absolute atomic E-state index is 14.6. The fourth-order valence-electron chi connectivity index (χ4n) is 3.35. The third-order valence-electron chi connectivity index (χ3n) is 5.05. The molecule has 0 saturated heterocycles. The summed E-state index contributed by atoms with van der Waals surface area (Å²) in [5, 5.41) is 0. The zero-order chi connectivity index (χ0) is 18.8. The van der Waals surface area contributed by atoms with Gasteiger partial charge < -0.3 is 0 Å². The summed E-state index contributed by atoms with van der Waals surface area (Å²) in [5.74, 6) is -1.39. The van der Waals surface area contributed by atoms with Gasteiger partial charge in [-0.15, -0.1) is 0 Å². The van der Waals surface area contributed by atoms with E-state index in [1.165, 1.54) is 44.1 Å². The molecule has 0 aliphatic heterocycles. The van der Waals surface area contributed by atoms with Gasteiger partial charge in [0.25, 0.3) is 0 Å². The Morgan fingerprint density at radius 1 is 0.615 bits per heavy atom. The lowest BCUT2D eigenvalue weighted by Crippen LogP contribution is -1.98. The Morgan fingerprint density at radius 3 is 1.92 bits per heavy atom. The Bertz CT molecular complexity index is 659. The maximum Gasteiger partial charge on any atom is 0.166 e. The molecule has 0 unspecified atom stereocenters. The summed E-state index contributed by atoms with van der Waals surface area (Å²) in [6.45, 7) is 4.36. The van der Waals surface area contributed by atoms with Crippen molar-refractivity contribution in [3.05, 3.63) is 59.2 Å². The molecule has 0 bridgehead atoms. The zero-order valence-corrected chi connectivity index (χ0v) is 16.3. The average molecular weight is 359 g/mol. The Morgan fingerprint density at radius 2 is 1.23 bits per heavy atom. The van der Waals surface area contributed by atoms with Crippen LogP contribution in [-0.2, 0) is 12.8 Å². The molecule has 2 heteroatoms. The summed E-state index contributed by atoms with van der Waals surface area (Å²) in [6.07, 6.45) is 10.8. The van der Waals surface area contributed by atoms with Crippen LogP contribution in [0.2, 0.25) is 0 Å². The lowest BCUT2D eigenvalue weighted by Gasteiger charge is -2.10. The van der Waals surface area contributed by atoms with Crippen LogP contribution in [0.4, 0.5) is 8.78 Å². The average Bonchev–Trinajstić information content (AvgIpc) is 2.66. The van der Waals surface area contributed by atoms with E-state index < -0.39 is 11.6 Å². The standard InChI is InChI=1S/C24H32F2/c1-3-5-7-8-10-12-21-17-18-22(24(26)23(21)25)20-15-13-19(14-16-20)11-9-6-4-2/h13-18H,3-12H2,1-2H3. The normalized spacial score (nSPS) is 11.1. The van der Waals surface area contributed by atoms with Crippen LogP contribution in [0.15, 0.2) is 36.4 Å². The van der Waals surface area contributed by atoms with E-state index in [4.69, 9.17) is 0 Å². The second-order valence-electron chi connectivity index (χ2n) is 7.22. The van der Waals surface area contributed by atoms with Crippen LogP contribution in [0.5, 0.6) is 0 Å². The van der Waals surface area contributed by atoms with Gasteiger partial charge in [-0.25, -0.2) is 8.78 Å². The lowest BCUT2D eigenvalue weighted by atomic mass is 9.98. The van der Waals surface area contributed by atoms with Gasteiger partial charge in [-0.05, 0) is 42.4 Å². The van der Waals surface area contributed by atoms with Gasteiger partial charge in [0.2, 0.25) is 0 Å². The van der Waals surface area contributed by atoms with Crippen LogP contribution in [0.25, 0.3) is 11.1 Å². The van der Waals surface area contributed by atoms with Crippen molar-refractivity contribution in [3.63, 3.8) is 0 Å². The Balaban J connectivity index is 2.02. The lowest BCUT2D eigenvalue weighted by molar-refractivity contribution is 0.497. The van der Waals surface area contributed by atoms with Gasteiger partial charge in [-0.2, -0.15) is 0 Å². The van der Waals surface area contributed by atoms with E-state index in [0.717, 1.165) is 24.8 Å². The van der Waals surface area contributed by atoms with Crippen molar-refractivity contribution in [3.8, 4) is 11.1 Å². The molecule has 0 nitrogen and oxygen atoms in total. The molecular formula is C24H32F2. The van der Waals surface area contributed by atoms with Gasteiger partial charge in [0.05, 0.1) is 0 Å². The molecule has 2 aromatic carbocycles. The topological polar surface area (TPSA) is 0 Å². The molecule has 26 heavy (non-hydrogen) atoms. The molecule has 2 rings (SSSR count). The summed E-state index contributed by atoms with van der Waals surface area (Å²) in [6, 6.07) is 11.4. The van der Waals surface area contributed by atoms with Crippen LogP contribution < -0.4 is 0 Å². The predicted octanol–water partition coefficient (Wildman–Crippen LogP) is 7.88. The van der Waals surface area contributed by atoms with E-state index >= 15 is 0 Å². The molecule has 0 aliphatic rings. The summed E-state index contributed by atoms with van der Waals surface area (Å²) < 4.78 is 29.0. The van der Waals surface area contributed by atoms with E-state index in [2.05, 4.69) is 13.8 Å². The van der Waals surface area contributed by atoms with E-state index in [1.807, 2.05) is 24.3 Å². The van der Waals surface area contributed by atoms with Gasteiger partial charge in [-0.3, -0.25) is 0 Å². The van der Waals surface area contributed by atoms with Crippen LogP contribution in [0, 0.1) is 11.6 Å². The van der Waals surface area contributed by atoms with Gasteiger partial charge >= 0.3 is 0 Å². The summed E-state index contributed by atoms with van der Waals surface area (Å²) in [4.78, 5) is 0. The van der Waals surface area contributed by atoms with Crippen LogP contribution in [-0.4, -0.2) is 0 Å². The number of rotatable bonds is 11. The molecule has 0 saturated carbocycles. The Labute approximate surface area is 157 Å². The molecule has 2 aromatic rings. The number of unbranched alkanes of at least 4 members (excludes halogenated alkanes) is 6. The zero-order valence-electron chi connectivity index (χ0n) is 16.3. The number of hydrogen-bond acceptors (Lipinski definition) is 0. The molecule has 0 radical (unpaired) electrons. The minimum atomic E-state index is -0.713. The van der Waals surface area contributed by atoms with Crippen molar-refractivity contribution in [2.45, 2.75) is 78.1 Å². The fourth-order valence-corrected chi connectivity index (χ4v) is 3.35. The highest BCUT2D eigenvalue weighted by Crippen LogP contribution is 2.28. The van der Waals surface area contributed by atoms with Crippen molar-refractivity contribution in [2.24, 2.45) is 0 Å². The van der Waals surface area contributed by atoms with Crippen LogP contribution in [0.3, 0.4) is 0 Å². The first kappa shape index (κ1) is 20.6. The van der Waals surface area contributed by atoms with Crippen molar-refractivity contribution in [1.82, 2.24) is 0 Å². The number of hydrogen-bond donors (Lipinski definition) is 0. The number of aryl methyl sites for hydroxylation is 2. The quantitative estimate of drug-likeness (QED) is 0.358. The largest absolute Gasteiger partial charge is 0.203 e. The molecule has 0 aromatic heterocycles. The van der Waals surface area contributed by atoms with Crippen molar-refractivity contribution in [2.75, 3.05) is 0 Å². The highest BCUT2D eigenvalue weighted by Gasteiger charge is 2.14. The third kappa shape index (κ3) is 5.93. The second-order valence-corrected chi connectivity index (χ2v) is 7.22. The molecule has 0 N–H and O–H groups in total. The van der Waals surface area contributed by atoms with E-state index in [9.17, 15) is 8.78 Å². The number of benzene rings is 2. The molecule has 0 atom stereocenters. The molecular weight excluding hydrogens is 326 g/mol.